The number of ether oxygens (including phenoxy) is 1. The Morgan fingerprint density at radius 2 is 1.93 bits per heavy atom. The predicted molar refractivity (Wildman–Crippen MR) is 159 cm³/mol. The lowest BCUT2D eigenvalue weighted by atomic mass is 9.89. The van der Waals surface area contributed by atoms with Crippen LogP contribution in [0, 0.1) is 6.92 Å². The van der Waals surface area contributed by atoms with Crippen LogP contribution in [0.4, 0.5) is 10.5 Å². The van der Waals surface area contributed by atoms with E-state index in [2.05, 4.69) is 16.0 Å². The maximum Gasteiger partial charge on any atom is 0.404 e. The van der Waals surface area contributed by atoms with Gasteiger partial charge in [-0.3, -0.25) is 4.79 Å². The number of aromatic nitrogens is 2. The lowest BCUT2D eigenvalue weighted by molar-refractivity contribution is 0.0624. The lowest BCUT2D eigenvalue weighted by Crippen LogP contribution is -2.54. The summed E-state index contributed by atoms with van der Waals surface area (Å²) in [5.74, 6) is 0.749. The van der Waals surface area contributed by atoms with Crippen molar-refractivity contribution in [3.05, 3.63) is 66.1 Å². The van der Waals surface area contributed by atoms with Gasteiger partial charge in [0.05, 0.1) is 31.2 Å². The number of hydrogen-bond acceptors (Lipinski definition) is 6. The summed E-state index contributed by atoms with van der Waals surface area (Å²) in [5.41, 5.74) is 4.14. The van der Waals surface area contributed by atoms with Gasteiger partial charge in [-0.15, -0.1) is 0 Å². The minimum Gasteiger partial charge on any atom is -0.496 e. The zero-order valence-corrected chi connectivity index (χ0v) is 23.8. The molecule has 1 aliphatic heterocycles. The number of amides is 2. The second-order valence-electron chi connectivity index (χ2n) is 10.8. The van der Waals surface area contributed by atoms with Gasteiger partial charge in [-0.1, -0.05) is 49.2 Å². The van der Waals surface area contributed by atoms with Crippen LogP contribution in [0.15, 0.2) is 54.9 Å². The highest BCUT2D eigenvalue weighted by Crippen LogP contribution is 2.35. The van der Waals surface area contributed by atoms with Crippen molar-refractivity contribution < 1.29 is 19.4 Å². The van der Waals surface area contributed by atoms with Crippen molar-refractivity contribution in [1.29, 1.82) is 0 Å². The first-order valence-electron chi connectivity index (χ1n) is 14.5. The van der Waals surface area contributed by atoms with E-state index in [-0.39, 0.29) is 24.0 Å². The van der Waals surface area contributed by atoms with Crippen LogP contribution in [0.5, 0.6) is 5.75 Å². The van der Waals surface area contributed by atoms with Crippen LogP contribution in [0.1, 0.15) is 54.2 Å². The van der Waals surface area contributed by atoms with E-state index in [9.17, 15) is 14.7 Å². The van der Waals surface area contributed by atoms with Crippen molar-refractivity contribution in [3.8, 4) is 17.0 Å². The molecule has 1 aromatic heterocycles. The number of hydrogen-bond donors (Lipinski definition) is 4. The summed E-state index contributed by atoms with van der Waals surface area (Å²) in [7, 11) is 1.67. The van der Waals surface area contributed by atoms with Crippen molar-refractivity contribution in [3.63, 3.8) is 0 Å². The fourth-order valence-corrected chi connectivity index (χ4v) is 6.24. The van der Waals surface area contributed by atoms with E-state index < -0.39 is 6.09 Å². The van der Waals surface area contributed by atoms with Crippen LogP contribution in [-0.2, 0) is 0 Å². The van der Waals surface area contributed by atoms with Gasteiger partial charge in [0.1, 0.15) is 5.75 Å². The Hall–Kier alpha value is -4.05. The molecule has 2 fully saturated rings. The Bertz CT molecular complexity index is 1340. The Balaban J connectivity index is 1.40. The van der Waals surface area contributed by atoms with E-state index in [0.717, 1.165) is 66.9 Å². The number of anilines is 1. The molecule has 0 radical (unpaired) electrons. The average molecular weight is 561 g/mol. The molecule has 2 heterocycles. The Morgan fingerprint density at radius 3 is 2.71 bits per heavy atom. The highest BCUT2D eigenvalue weighted by Gasteiger charge is 2.35. The molecule has 0 unspecified atom stereocenters. The second-order valence-corrected chi connectivity index (χ2v) is 10.8. The van der Waals surface area contributed by atoms with E-state index >= 15 is 0 Å². The van der Waals surface area contributed by atoms with Gasteiger partial charge in [0.25, 0.3) is 5.91 Å². The second kappa shape index (κ2) is 13.1. The molecule has 2 aromatic carbocycles. The van der Waals surface area contributed by atoms with E-state index in [1.54, 1.807) is 13.4 Å². The molecule has 10 nitrogen and oxygen atoms in total. The van der Waals surface area contributed by atoms with Crippen molar-refractivity contribution >= 4 is 17.7 Å². The smallest absolute Gasteiger partial charge is 0.404 e. The summed E-state index contributed by atoms with van der Waals surface area (Å²) in [4.78, 5) is 32.4. The Kier molecular flexibility index (Phi) is 9.08. The molecule has 0 bridgehead atoms. The minimum atomic E-state index is -1.03. The zero-order valence-electron chi connectivity index (χ0n) is 23.8. The van der Waals surface area contributed by atoms with Gasteiger partial charge in [-0.25, -0.2) is 9.78 Å². The molecule has 1 aliphatic carbocycles. The number of benzene rings is 2. The van der Waals surface area contributed by atoms with Crippen LogP contribution in [0.2, 0.25) is 0 Å². The Labute approximate surface area is 241 Å². The van der Waals surface area contributed by atoms with Crippen molar-refractivity contribution in [2.24, 2.45) is 0 Å². The number of nitrogens with one attached hydrogen (secondary N) is 3. The summed E-state index contributed by atoms with van der Waals surface area (Å²) >= 11 is 0. The molecule has 41 heavy (non-hydrogen) atoms. The first-order chi connectivity index (χ1) is 20.0. The number of carbonyl (C=O) groups excluding carboxylic acids is 1. The SMILES string of the molecule is COc1cccc(NCC[C@@H]2CNCCN2C(=O)c2ncn([C@H]3CCCC[C@@H]3NC(=O)O)c2-c2ccccc2)c1C. The molecule has 3 aromatic rings. The fourth-order valence-electron chi connectivity index (χ4n) is 6.24. The normalized spacial score (nSPS) is 20.8. The number of carbonyl (C=O) groups is 2. The molecule has 2 aliphatic rings. The van der Waals surface area contributed by atoms with Crippen molar-refractivity contribution in [2.45, 2.75) is 57.2 Å². The molecule has 1 saturated carbocycles. The molecular formula is C31H40N6O4. The van der Waals surface area contributed by atoms with Gasteiger partial charge in [0.2, 0.25) is 0 Å². The number of carboxylic acid groups (broad SMARTS) is 1. The van der Waals surface area contributed by atoms with Gasteiger partial charge in [0, 0.05) is 49.0 Å². The van der Waals surface area contributed by atoms with Crippen molar-refractivity contribution in [1.82, 2.24) is 25.1 Å². The summed E-state index contributed by atoms with van der Waals surface area (Å²) in [5, 5.41) is 19.2. The van der Waals surface area contributed by atoms with Crippen molar-refractivity contribution in [2.75, 3.05) is 38.6 Å². The lowest BCUT2D eigenvalue weighted by Gasteiger charge is -2.36. The largest absolute Gasteiger partial charge is 0.496 e. The molecule has 2 amide bonds. The molecule has 218 valence electrons. The molecule has 3 atom stereocenters. The highest BCUT2D eigenvalue weighted by atomic mass is 16.5. The number of nitrogens with zero attached hydrogens (tertiary/aromatic N) is 3. The third kappa shape index (κ3) is 6.32. The number of methoxy groups -OCH3 is 1. The molecule has 0 spiro atoms. The highest BCUT2D eigenvalue weighted by molar-refractivity contribution is 5.98. The van der Waals surface area contributed by atoms with Crippen LogP contribution >= 0.6 is 0 Å². The van der Waals surface area contributed by atoms with Gasteiger partial charge in [-0.05, 0) is 38.3 Å². The number of imidazole rings is 1. The summed E-state index contributed by atoms with van der Waals surface area (Å²) in [6.45, 7) is 4.76. The fraction of sp³-hybridized carbons (Fsp3) is 0.452. The van der Waals surface area contributed by atoms with E-state index in [1.807, 2.05) is 64.9 Å². The van der Waals surface area contributed by atoms with Gasteiger partial charge in [0.15, 0.2) is 5.69 Å². The monoisotopic (exact) mass is 560 g/mol. The number of rotatable bonds is 9. The standard InChI is InChI=1S/C31H40N6O4/c1-21-24(12-8-14-27(21)41-2)33-16-15-23-19-32-17-18-36(23)30(38)28-29(22-9-4-3-5-10-22)37(20-34-28)26-13-7-6-11-25(26)35-31(39)40/h3-5,8-10,12,14,20,23,25-26,32-33,35H,6-7,11,13,15-19H2,1-2H3,(H,39,40)/t23-,25+,26+/m1/s1. The molecule has 1 saturated heterocycles. The summed E-state index contributed by atoms with van der Waals surface area (Å²) < 4.78 is 7.49. The van der Waals surface area contributed by atoms with E-state index in [1.165, 1.54) is 0 Å². The van der Waals surface area contributed by atoms with E-state index in [0.29, 0.717) is 25.3 Å². The van der Waals surface area contributed by atoms with Crippen LogP contribution < -0.4 is 20.7 Å². The van der Waals surface area contributed by atoms with Crippen LogP contribution in [0.25, 0.3) is 11.3 Å². The van der Waals surface area contributed by atoms with Crippen LogP contribution in [0.3, 0.4) is 0 Å². The predicted octanol–water partition coefficient (Wildman–Crippen LogP) is 4.53. The maximum atomic E-state index is 14.2. The first kappa shape index (κ1) is 28.5. The Morgan fingerprint density at radius 1 is 1.12 bits per heavy atom. The van der Waals surface area contributed by atoms with Gasteiger partial charge in [-0.2, -0.15) is 0 Å². The van der Waals surface area contributed by atoms with Gasteiger partial charge < -0.3 is 35.3 Å². The molecular weight excluding hydrogens is 520 g/mol. The molecule has 10 heteroatoms. The topological polar surface area (TPSA) is 121 Å². The molecule has 5 rings (SSSR count). The zero-order chi connectivity index (χ0) is 28.8. The molecule has 4 N–H and O–H groups in total. The van der Waals surface area contributed by atoms with E-state index in [4.69, 9.17) is 9.72 Å². The minimum absolute atomic E-state index is 0.000423. The third-order valence-corrected chi connectivity index (χ3v) is 8.35. The van der Waals surface area contributed by atoms with Gasteiger partial charge >= 0.3 is 6.09 Å². The maximum absolute atomic E-state index is 14.2. The first-order valence-corrected chi connectivity index (χ1v) is 14.5. The number of piperazine rings is 1. The summed E-state index contributed by atoms with van der Waals surface area (Å²) in [6, 6.07) is 15.4. The quantitative estimate of drug-likeness (QED) is 0.303. The third-order valence-electron chi connectivity index (χ3n) is 8.35. The van der Waals surface area contributed by atoms with Crippen LogP contribution in [-0.4, -0.2) is 76.9 Å². The summed E-state index contributed by atoms with van der Waals surface area (Å²) in [6.07, 6.45) is 5.01. The average Bonchev–Trinajstić information content (AvgIpc) is 3.43.